The third kappa shape index (κ3) is 6.78. The maximum atomic E-state index is 14.0. The van der Waals surface area contributed by atoms with E-state index in [2.05, 4.69) is 20.0 Å². The molecule has 1 saturated carbocycles. The minimum atomic E-state index is -5.05. The highest BCUT2D eigenvalue weighted by Gasteiger charge is 2.42. The van der Waals surface area contributed by atoms with Gasteiger partial charge in [-0.25, -0.2) is 18.4 Å². The smallest absolute Gasteiger partial charge is 0.435 e. The summed E-state index contributed by atoms with van der Waals surface area (Å²) in [7, 11) is -3.56. The van der Waals surface area contributed by atoms with Gasteiger partial charge in [-0.15, -0.1) is 0 Å². The Labute approximate surface area is 217 Å². The van der Waals surface area contributed by atoms with Crippen LogP contribution in [0.3, 0.4) is 0 Å². The zero-order chi connectivity index (χ0) is 27.7. The molecule has 0 radical (unpaired) electrons. The van der Waals surface area contributed by atoms with Crippen LogP contribution in [0.5, 0.6) is 11.6 Å². The molecule has 1 atom stereocenters. The number of carbonyl (C=O) groups excluding carboxylic acids is 1. The summed E-state index contributed by atoms with van der Waals surface area (Å²) >= 11 is 0. The number of aliphatic hydroxyl groups is 1. The number of sulfonamides is 1. The monoisotopic (exact) mass is 550 g/mol. The molecule has 4 rings (SSSR count). The molecule has 0 bridgehead atoms. The number of alkyl halides is 3. The summed E-state index contributed by atoms with van der Waals surface area (Å²) < 4.78 is 73.1. The molecule has 1 amide bonds. The first-order valence-corrected chi connectivity index (χ1v) is 13.4. The van der Waals surface area contributed by atoms with E-state index < -0.39 is 45.0 Å². The van der Waals surface area contributed by atoms with Crippen molar-refractivity contribution in [2.24, 2.45) is 5.92 Å². The van der Waals surface area contributed by atoms with E-state index in [4.69, 9.17) is 4.74 Å². The number of carbonyl (C=O) groups is 1. The molecule has 0 spiro atoms. The van der Waals surface area contributed by atoms with E-state index in [1.807, 2.05) is 0 Å². The van der Waals surface area contributed by atoms with Gasteiger partial charge in [-0.1, -0.05) is 30.3 Å². The van der Waals surface area contributed by atoms with Gasteiger partial charge < -0.3 is 15.2 Å². The molecular formula is C25H25F3N4O5S. The second-order valence-corrected chi connectivity index (χ2v) is 11.0. The summed E-state index contributed by atoms with van der Waals surface area (Å²) in [5.74, 6) is -1.53. The molecule has 1 aliphatic rings. The number of benzene rings is 2. The molecule has 1 aromatic heterocycles. The summed E-state index contributed by atoms with van der Waals surface area (Å²) in [6.07, 6.45) is -2.55. The number of ether oxygens (including phenoxy) is 1. The molecule has 1 aliphatic carbocycles. The van der Waals surface area contributed by atoms with Gasteiger partial charge >= 0.3 is 6.18 Å². The maximum Gasteiger partial charge on any atom is 0.435 e. The van der Waals surface area contributed by atoms with Gasteiger partial charge in [0, 0.05) is 17.8 Å². The minimum absolute atomic E-state index is 0.0489. The van der Waals surface area contributed by atoms with Gasteiger partial charge in [-0.2, -0.15) is 13.2 Å². The molecule has 13 heteroatoms. The minimum Gasteiger partial charge on any atom is -0.437 e. The van der Waals surface area contributed by atoms with Crippen LogP contribution >= 0.6 is 0 Å². The first-order chi connectivity index (χ1) is 17.7. The average Bonchev–Trinajstić information content (AvgIpc) is 3.69. The predicted octanol–water partition coefficient (Wildman–Crippen LogP) is 4.22. The van der Waals surface area contributed by atoms with E-state index in [0.29, 0.717) is 0 Å². The molecular weight excluding hydrogens is 525 g/mol. The molecule has 1 fully saturated rings. The number of aromatic nitrogens is 2. The second kappa shape index (κ2) is 10.2. The van der Waals surface area contributed by atoms with Crippen LogP contribution < -0.4 is 14.8 Å². The molecule has 2 aromatic carbocycles. The van der Waals surface area contributed by atoms with Gasteiger partial charge in [0.25, 0.3) is 5.91 Å². The van der Waals surface area contributed by atoms with Gasteiger partial charge in [-0.3, -0.25) is 9.52 Å². The summed E-state index contributed by atoms with van der Waals surface area (Å²) in [6, 6.07) is 13.5. The number of nitrogens with zero attached hydrogens (tertiary/aromatic N) is 2. The van der Waals surface area contributed by atoms with Crippen LogP contribution in [0.1, 0.15) is 35.9 Å². The highest BCUT2D eigenvalue weighted by molar-refractivity contribution is 7.92. The molecule has 202 valence electrons. The van der Waals surface area contributed by atoms with E-state index in [-0.39, 0.29) is 35.2 Å². The predicted molar refractivity (Wildman–Crippen MR) is 133 cm³/mol. The van der Waals surface area contributed by atoms with E-state index in [1.54, 1.807) is 18.2 Å². The van der Waals surface area contributed by atoms with Crippen molar-refractivity contribution in [3.63, 3.8) is 0 Å². The molecule has 3 aromatic rings. The number of hydrogen-bond donors (Lipinski definition) is 3. The SMILES string of the molecule is CC(O)(CNC(=O)c1nc(-c2ccc(NS(C)(=O)=O)cc2)c(Oc2ccccc2)nc1C(F)(F)F)C1CC1. The number of halogens is 3. The van der Waals surface area contributed by atoms with Crippen LogP contribution in [-0.2, 0) is 16.2 Å². The van der Waals surface area contributed by atoms with Gasteiger partial charge in [0.15, 0.2) is 11.4 Å². The number of nitrogens with one attached hydrogen (secondary N) is 2. The number of para-hydroxylation sites is 1. The van der Waals surface area contributed by atoms with E-state index >= 15 is 0 Å². The topological polar surface area (TPSA) is 131 Å². The number of rotatable bonds is 9. The second-order valence-electron chi connectivity index (χ2n) is 9.25. The fourth-order valence-corrected chi connectivity index (χ4v) is 4.30. The van der Waals surface area contributed by atoms with Gasteiger partial charge in [0.05, 0.1) is 11.9 Å². The molecule has 9 nitrogen and oxygen atoms in total. The normalized spacial score (nSPS) is 15.4. The van der Waals surface area contributed by atoms with Crippen molar-refractivity contribution in [2.75, 3.05) is 17.5 Å². The Bertz CT molecular complexity index is 1430. The fourth-order valence-electron chi connectivity index (χ4n) is 3.74. The van der Waals surface area contributed by atoms with Crippen molar-refractivity contribution >= 4 is 21.6 Å². The molecule has 0 aliphatic heterocycles. The highest BCUT2D eigenvalue weighted by Crippen LogP contribution is 2.40. The average molecular weight is 551 g/mol. The maximum absolute atomic E-state index is 14.0. The van der Waals surface area contributed by atoms with Crippen molar-refractivity contribution in [3.8, 4) is 22.9 Å². The molecule has 0 saturated heterocycles. The Morgan fingerprint density at radius 1 is 1.08 bits per heavy atom. The third-order valence-corrected chi connectivity index (χ3v) is 6.44. The van der Waals surface area contributed by atoms with Crippen LogP contribution in [-0.4, -0.2) is 47.8 Å². The van der Waals surface area contributed by atoms with E-state index in [1.165, 1.54) is 43.3 Å². The summed E-state index contributed by atoms with van der Waals surface area (Å²) in [5, 5.41) is 12.8. The van der Waals surface area contributed by atoms with Crippen LogP contribution in [0.2, 0.25) is 0 Å². The Morgan fingerprint density at radius 3 is 2.26 bits per heavy atom. The Hall–Kier alpha value is -3.71. The zero-order valence-electron chi connectivity index (χ0n) is 20.4. The van der Waals surface area contributed by atoms with Crippen molar-refractivity contribution in [1.29, 1.82) is 0 Å². The van der Waals surface area contributed by atoms with Crippen molar-refractivity contribution < 1.29 is 36.2 Å². The van der Waals surface area contributed by atoms with Gasteiger partial charge in [0.2, 0.25) is 15.9 Å². The van der Waals surface area contributed by atoms with Crippen LogP contribution in [0.15, 0.2) is 54.6 Å². The third-order valence-electron chi connectivity index (χ3n) is 5.83. The quantitative estimate of drug-likeness (QED) is 0.364. The van der Waals surface area contributed by atoms with Crippen molar-refractivity contribution in [2.45, 2.75) is 31.5 Å². The van der Waals surface area contributed by atoms with Crippen LogP contribution in [0.25, 0.3) is 11.3 Å². The van der Waals surface area contributed by atoms with Crippen molar-refractivity contribution in [3.05, 3.63) is 66.0 Å². The molecule has 3 N–H and O–H groups in total. The molecule has 1 heterocycles. The van der Waals surface area contributed by atoms with Gasteiger partial charge in [0.1, 0.15) is 11.4 Å². The number of amides is 1. The molecule has 1 unspecified atom stereocenters. The largest absolute Gasteiger partial charge is 0.437 e. The summed E-state index contributed by atoms with van der Waals surface area (Å²) in [5.41, 5.74) is -3.56. The van der Waals surface area contributed by atoms with Crippen LogP contribution in [0, 0.1) is 5.92 Å². The van der Waals surface area contributed by atoms with Crippen LogP contribution in [0.4, 0.5) is 18.9 Å². The summed E-state index contributed by atoms with van der Waals surface area (Å²) in [6.45, 7) is 1.24. The number of hydrogen-bond acceptors (Lipinski definition) is 7. The first-order valence-electron chi connectivity index (χ1n) is 11.5. The zero-order valence-corrected chi connectivity index (χ0v) is 21.2. The lowest BCUT2D eigenvalue weighted by atomic mass is 10.0. The van der Waals surface area contributed by atoms with Gasteiger partial charge in [-0.05, 0) is 49.9 Å². The number of anilines is 1. The highest BCUT2D eigenvalue weighted by atomic mass is 32.2. The summed E-state index contributed by atoms with van der Waals surface area (Å²) in [4.78, 5) is 20.6. The van der Waals surface area contributed by atoms with Crippen molar-refractivity contribution in [1.82, 2.24) is 15.3 Å². The standard InChI is InChI=1S/C25H25F3N4O5S/c1-24(34,16-10-11-16)14-29-22(33)20-21(25(26,27)28)31-23(37-18-6-4-3-5-7-18)19(30-20)15-8-12-17(13-9-15)32-38(2,35)36/h3-9,12-13,16,32,34H,10-11,14H2,1-2H3,(H,29,33). The fraction of sp³-hybridized carbons (Fsp3) is 0.320. The Balaban J connectivity index is 1.78. The molecule has 38 heavy (non-hydrogen) atoms. The lowest BCUT2D eigenvalue weighted by Gasteiger charge is -2.23. The Morgan fingerprint density at radius 2 is 1.71 bits per heavy atom. The Kier molecular flexibility index (Phi) is 7.35. The van der Waals surface area contributed by atoms with E-state index in [9.17, 15) is 31.5 Å². The lowest BCUT2D eigenvalue weighted by Crippen LogP contribution is -2.43. The van der Waals surface area contributed by atoms with E-state index in [0.717, 1.165) is 19.1 Å². The first kappa shape index (κ1) is 27.3. The lowest BCUT2D eigenvalue weighted by molar-refractivity contribution is -0.142.